The van der Waals surface area contributed by atoms with Gasteiger partial charge in [0.05, 0.1) is 0 Å². The second kappa shape index (κ2) is 10.7. The molecule has 0 radical (unpaired) electrons. The summed E-state index contributed by atoms with van der Waals surface area (Å²) in [5, 5.41) is 0. The first kappa shape index (κ1) is 20.9. The van der Waals surface area contributed by atoms with Gasteiger partial charge in [0, 0.05) is 11.1 Å². The van der Waals surface area contributed by atoms with Gasteiger partial charge < -0.3 is 0 Å². The minimum Gasteiger partial charge on any atom is -0.0654 e. The molecule has 0 atom stereocenters. The summed E-state index contributed by atoms with van der Waals surface area (Å²) < 4.78 is 0. The van der Waals surface area contributed by atoms with Gasteiger partial charge in [-0.2, -0.15) is 0 Å². The van der Waals surface area contributed by atoms with Crippen molar-refractivity contribution in [1.29, 1.82) is 0 Å². The third-order valence-corrected chi connectivity index (χ3v) is 5.43. The van der Waals surface area contributed by atoms with Gasteiger partial charge in [0.15, 0.2) is 0 Å². The lowest BCUT2D eigenvalue weighted by atomic mass is 9.97. The van der Waals surface area contributed by atoms with Crippen LogP contribution in [0.3, 0.4) is 0 Å². The van der Waals surface area contributed by atoms with Crippen LogP contribution in [0.15, 0.2) is 66.7 Å². The van der Waals surface area contributed by atoms with Crippen LogP contribution in [0.4, 0.5) is 0 Å². The smallest absolute Gasteiger partial charge is 0.0252 e. The van der Waals surface area contributed by atoms with Crippen LogP contribution in [0, 0.1) is 18.8 Å². The molecule has 148 valence electrons. The number of benzene rings is 3. The molecule has 0 aliphatic carbocycles. The first-order valence-electron chi connectivity index (χ1n) is 11.0. The van der Waals surface area contributed by atoms with Crippen LogP contribution < -0.4 is 0 Å². The molecule has 3 rings (SSSR count). The lowest BCUT2D eigenvalue weighted by molar-refractivity contribution is 0.795. The Bertz CT molecular complexity index is 963. The summed E-state index contributed by atoms with van der Waals surface area (Å²) in [5.74, 6) is 6.63. The van der Waals surface area contributed by atoms with Crippen LogP contribution in [0.2, 0.25) is 0 Å². The Balaban J connectivity index is 1.71. The highest BCUT2D eigenvalue weighted by Crippen LogP contribution is 2.25. The summed E-state index contributed by atoms with van der Waals surface area (Å²) in [4.78, 5) is 0. The molecular formula is C29H32. The zero-order valence-electron chi connectivity index (χ0n) is 18.1. The van der Waals surface area contributed by atoms with Crippen molar-refractivity contribution < 1.29 is 0 Å². The standard InChI is InChI=1S/C29H32/c1-4-6-8-24-10-12-26(13-11-24)14-15-27-18-21-29(23(3)22-27)28-19-16-25(17-20-28)9-7-5-2/h10-13,16-22H,4-9H2,1-3H3. The van der Waals surface area contributed by atoms with Gasteiger partial charge in [0.2, 0.25) is 0 Å². The SMILES string of the molecule is CCCCc1ccc(C#Cc2ccc(-c3ccc(CCCC)cc3)c(C)c2)cc1. The topological polar surface area (TPSA) is 0 Å². The molecule has 3 aromatic rings. The zero-order chi connectivity index (χ0) is 20.5. The fourth-order valence-corrected chi connectivity index (χ4v) is 3.58. The van der Waals surface area contributed by atoms with E-state index < -0.39 is 0 Å². The van der Waals surface area contributed by atoms with Gasteiger partial charge in [-0.1, -0.05) is 81.0 Å². The molecule has 0 aliphatic rings. The Morgan fingerprint density at radius 1 is 0.621 bits per heavy atom. The van der Waals surface area contributed by atoms with E-state index in [1.807, 2.05) is 0 Å². The average molecular weight is 381 g/mol. The highest BCUT2D eigenvalue weighted by molar-refractivity contribution is 5.68. The van der Waals surface area contributed by atoms with Crippen molar-refractivity contribution in [3.05, 3.63) is 94.5 Å². The first-order chi connectivity index (χ1) is 14.2. The summed E-state index contributed by atoms with van der Waals surface area (Å²) in [6, 6.07) is 24.3. The molecule has 0 fully saturated rings. The van der Waals surface area contributed by atoms with Crippen molar-refractivity contribution in [1.82, 2.24) is 0 Å². The van der Waals surface area contributed by atoms with Gasteiger partial charge in [-0.3, -0.25) is 0 Å². The van der Waals surface area contributed by atoms with E-state index in [4.69, 9.17) is 0 Å². The van der Waals surface area contributed by atoms with E-state index in [2.05, 4.69) is 99.3 Å². The molecule has 0 heterocycles. The van der Waals surface area contributed by atoms with E-state index in [9.17, 15) is 0 Å². The molecule has 29 heavy (non-hydrogen) atoms. The van der Waals surface area contributed by atoms with E-state index in [1.54, 1.807) is 0 Å². The highest BCUT2D eigenvalue weighted by atomic mass is 14.1. The molecule has 0 amide bonds. The van der Waals surface area contributed by atoms with Gasteiger partial charge in [0.1, 0.15) is 0 Å². The van der Waals surface area contributed by atoms with E-state index in [-0.39, 0.29) is 0 Å². The molecule has 0 N–H and O–H groups in total. The van der Waals surface area contributed by atoms with Gasteiger partial charge in [0.25, 0.3) is 0 Å². The van der Waals surface area contributed by atoms with Crippen LogP contribution in [0.5, 0.6) is 0 Å². The normalized spacial score (nSPS) is 10.4. The highest BCUT2D eigenvalue weighted by Gasteiger charge is 2.03. The maximum absolute atomic E-state index is 3.33. The summed E-state index contributed by atoms with van der Waals surface area (Å²) in [6.07, 6.45) is 7.31. The van der Waals surface area contributed by atoms with Crippen molar-refractivity contribution in [3.63, 3.8) is 0 Å². The van der Waals surface area contributed by atoms with Gasteiger partial charge >= 0.3 is 0 Å². The lowest BCUT2D eigenvalue weighted by Gasteiger charge is -2.08. The van der Waals surface area contributed by atoms with E-state index in [0.717, 1.165) is 17.5 Å². The average Bonchev–Trinajstić information content (AvgIpc) is 2.76. The molecule has 0 heteroatoms. The molecular weight excluding hydrogens is 348 g/mol. The molecule has 3 aromatic carbocycles. The third-order valence-electron chi connectivity index (χ3n) is 5.43. The second-order valence-electron chi connectivity index (χ2n) is 7.88. The van der Waals surface area contributed by atoms with Crippen LogP contribution in [0.25, 0.3) is 11.1 Å². The maximum Gasteiger partial charge on any atom is 0.0252 e. The van der Waals surface area contributed by atoms with E-state index >= 15 is 0 Å². The number of hydrogen-bond donors (Lipinski definition) is 0. The predicted octanol–water partition coefficient (Wildman–Crippen LogP) is 7.75. The van der Waals surface area contributed by atoms with Crippen molar-refractivity contribution in [2.75, 3.05) is 0 Å². The Labute approximate surface area is 177 Å². The lowest BCUT2D eigenvalue weighted by Crippen LogP contribution is -1.88. The summed E-state index contributed by atoms with van der Waals surface area (Å²) in [6.45, 7) is 6.65. The molecule has 0 aliphatic heterocycles. The third kappa shape index (κ3) is 6.10. The first-order valence-corrected chi connectivity index (χ1v) is 11.0. The molecule has 0 unspecified atom stereocenters. The molecule has 0 bridgehead atoms. The van der Waals surface area contributed by atoms with E-state index in [0.29, 0.717) is 0 Å². The Morgan fingerprint density at radius 3 is 1.69 bits per heavy atom. The van der Waals surface area contributed by atoms with Crippen molar-refractivity contribution >= 4 is 0 Å². The minimum atomic E-state index is 1.07. The number of unbranched alkanes of at least 4 members (excludes halogenated alkanes) is 2. The summed E-state index contributed by atoms with van der Waals surface area (Å²) in [5.41, 5.74) is 8.82. The van der Waals surface area contributed by atoms with Crippen molar-refractivity contribution in [3.8, 4) is 23.0 Å². The van der Waals surface area contributed by atoms with Crippen LogP contribution in [-0.2, 0) is 12.8 Å². The second-order valence-corrected chi connectivity index (χ2v) is 7.88. The summed E-state index contributed by atoms with van der Waals surface area (Å²) in [7, 11) is 0. The van der Waals surface area contributed by atoms with Crippen LogP contribution in [0.1, 0.15) is 67.3 Å². The number of rotatable bonds is 7. The largest absolute Gasteiger partial charge is 0.0654 e. The van der Waals surface area contributed by atoms with Gasteiger partial charge in [-0.15, -0.1) is 0 Å². The summed E-state index contributed by atoms with van der Waals surface area (Å²) >= 11 is 0. The fraction of sp³-hybridized carbons (Fsp3) is 0.310. The fourth-order valence-electron chi connectivity index (χ4n) is 3.58. The van der Waals surface area contributed by atoms with Crippen LogP contribution >= 0.6 is 0 Å². The zero-order valence-corrected chi connectivity index (χ0v) is 18.1. The molecule has 0 spiro atoms. The van der Waals surface area contributed by atoms with E-state index in [1.165, 1.54) is 59.9 Å². The number of hydrogen-bond acceptors (Lipinski definition) is 0. The Hall–Kier alpha value is -2.78. The number of aryl methyl sites for hydroxylation is 3. The van der Waals surface area contributed by atoms with Crippen molar-refractivity contribution in [2.24, 2.45) is 0 Å². The van der Waals surface area contributed by atoms with Gasteiger partial charge in [-0.25, -0.2) is 0 Å². The Morgan fingerprint density at radius 2 is 1.14 bits per heavy atom. The Kier molecular flexibility index (Phi) is 7.71. The van der Waals surface area contributed by atoms with Crippen molar-refractivity contribution in [2.45, 2.75) is 59.3 Å². The monoisotopic (exact) mass is 380 g/mol. The maximum atomic E-state index is 3.33. The molecule has 0 aromatic heterocycles. The van der Waals surface area contributed by atoms with Crippen LogP contribution in [-0.4, -0.2) is 0 Å². The van der Waals surface area contributed by atoms with Gasteiger partial charge in [-0.05, 0) is 84.7 Å². The molecule has 0 nitrogen and oxygen atoms in total. The quantitative estimate of drug-likeness (QED) is 0.368. The molecule has 0 saturated carbocycles. The minimum absolute atomic E-state index is 1.07. The molecule has 0 saturated heterocycles. The predicted molar refractivity (Wildman–Crippen MR) is 126 cm³/mol.